The Morgan fingerprint density at radius 3 is 3.00 bits per heavy atom. The monoisotopic (exact) mass is 178 g/mol. The Morgan fingerprint density at radius 1 is 1.46 bits per heavy atom. The molecule has 68 valence electrons. The summed E-state index contributed by atoms with van der Waals surface area (Å²) in [6.07, 6.45) is 0.696. The van der Waals surface area contributed by atoms with Crippen molar-refractivity contribution in [1.82, 2.24) is 0 Å². The molecule has 13 heavy (non-hydrogen) atoms. The van der Waals surface area contributed by atoms with E-state index in [0.29, 0.717) is 18.6 Å². The average molecular weight is 178 g/mol. The molecule has 0 spiro atoms. The van der Waals surface area contributed by atoms with Gasteiger partial charge in [-0.3, -0.25) is 0 Å². The van der Waals surface area contributed by atoms with Gasteiger partial charge in [0.05, 0.1) is 12.2 Å². The SMILES string of the molecule is Cc1c(O)ccc2c1CCOC2=O. The fourth-order valence-corrected chi connectivity index (χ4v) is 1.58. The summed E-state index contributed by atoms with van der Waals surface area (Å²) < 4.78 is 4.88. The Balaban J connectivity index is 2.63. The molecule has 0 unspecified atom stereocenters. The second-order valence-corrected chi connectivity index (χ2v) is 3.12. The third-order valence-electron chi connectivity index (χ3n) is 2.37. The Morgan fingerprint density at radius 2 is 2.23 bits per heavy atom. The highest BCUT2D eigenvalue weighted by atomic mass is 16.5. The number of phenols is 1. The van der Waals surface area contributed by atoms with Crippen molar-refractivity contribution in [3.8, 4) is 5.75 Å². The van der Waals surface area contributed by atoms with Gasteiger partial charge in [-0.15, -0.1) is 0 Å². The van der Waals surface area contributed by atoms with E-state index in [9.17, 15) is 9.90 Å². The van der Waals surface area contributed by atoms with Crippen molar-refractivity contribution >= 4 is 5.97 Å². The highest BCUT2D eigenvalue weighted by molar-refractivity contribution is 5.92. The van der Waals surface area contributed by atoms with Gasteiger partial charge in [-0.25, -0.2) is 4.79 Å². The number of hydrogen-bond acceptors (Lipinski definition) is 3. The number of ether oxygens (including phenoxy) is 1. The van der Waals surface area contributed by atoms with Crippen LogP contribution in [0.1, 0.15) is 21.5 Å². The van der Waals surface area contributed by atoms with E-state index < -0.39 is 0 Å². The summed E-state index contributed by atoms with van der Waals surface area (Å²) in [6, 6.07) is 3.14. The molecule has 0 fully saturated rings. The number of hydrogen-bond donors (Lipinski definition) is 1. The number of cyclic esters (lactones) is 1. The van der Waals surface area contributed by atoms with Crippen LogP contribution in [0.5, 0.6) is 5.75 Å². The Kier molecular flexibility index (Phi) is 1.72. The number of rotatable bonds is 0. The molecule has 3 nitrogen and oxygen atoms in total. The third kappa shape index (κ3) is 1.16. The van der Waals surface area contributed by atoms with Crippen LogP contribution in [-0.2, 0) is 11.2 Å². The van der Waals surface area contributed by atoms with E-state index in [0.717, 1.165) is 11.1 Å². The summed E-state index contributed by atoms with van der Waals surface area (Å²) in [5.41, 5.74) is 2.28. The summed E-state index contributed by atoms with van der Waals surface area (Å²) in [7, 11) is 0. The molecule has 2 rings (SSSR count). The maximum absolute atomic E-state index is 11.2. The lowest BCUT2D eigenvalue weighted by molar-refractivity contribution is 0.0479. The van der Waals surface area contributed by atoms with E-state index in [2.05, 4.69) is 0 Å². The number of fused-ring (bicyclic) bond motifs is 1. The fourth-order valence-electron chi connectivity index (χ4n) is 1.58. The zero-order valence-corrected chi connectivity index (χ0v) is 7.33. The second-order valence-electron chi connectivity index (χ2n) is 3.12. The first kappa shape index (κ1) is 8.10. The highest BCUT2D eigenvalue weighted by Crippen LogP contribution is 2.26. The first-order valence-electron chi connectivity index (χ1n) is 4.18. The molecule has 0 radical (unpaired) electrons. The summed E-state index contributed by atoms with van der Waals surface area (Å²) >= 11 is 0. The van der Waals surface area contributed by atoms with E-state index in [1.807, 2.05) is 6.92 Å². The number of phenolic OH excluding ortho intramolecular Hbond substituents is 1. The van der Waals surface area contributed by atoms with Crippen LogP contribution < -0.4 is 0 Å². The van der Waals surface area contributed by atoms with Crippen LogP contribution in [0.25, 0.3) is 0 Å². The molecule has 0 saturated heterocycles. The average Bonchev–Trinajstić information content (AvgIpc) is 2.12. The maximum Gasteiger partial charge on any atom is 0.338 e. The summed E-state index contributed by atoms with van der Waals surface area (Å²) in [5, 5.41) is 9.41. The predicted molar refractivity (Wildman–Crippen MR) is 46.8 cm³/mol. The van der Waals surface area contributed by atoms with Gasteiger partial charge in [-0.05, 0) is 30.2 Å². The Hall–Kier alpha value is -1.51. The lowest BCUT2D eigenvalue weighted by atomic mass is 9.97. The van der Waals surface area contributed by atoms with Gasteiger partial charge in [0.15, 0.2) is 0 Å². The van der Waals surface area contributed by atoms with Crippen LogP contribution in [0.2, 0.25) is 0 Å². The molecular formula is C10H10O3. The zero-order chi connectivity index (χ0) is 9.42. The van der Waals surface area contributed by atoms with E-state index in [-0.39, 0.29) is 11.7 Å². The molecule has 1 N–H and O–H groups in total. The zero-order valence-electron chi connectivity index (χ0n) is 7.33. The first-order valence-corrected chi connectivity index (χ1v) is 4.18. The largest absolute Gasteiger partial charge is 0.508 e. The number of benzene rings is 1. The molecule has 0 aliphatic carbocycles. The van der Waals surface area contributed by atoms with Gasteiger partial charge in [0.1, 0.15) is 5.75 Å². The van der Waals surface area contributed by atoms with E-state index >= 15 is 0 Å². The van der Waals surface area contributed by atoms with Gasteiger partial charge < -0.3 is 9.84 Å². The van der Waals surface area contributed by atoms with Crippen molar-refractivity contribution in [3.63, 3.8) is 0 Å². The maximum atomic E-state index is 11.2. The van der Waals surface area contributed by atoms with Gasteiger partial charge in [0, 0.05) is 6.42 Å². The smallest absolute Gasteiger partial charge is 0.338 e. The van der Waals surface area contributed by atoms with Crippen LogP contribution in [0, 0.1) is 6.92 Å². The van der Waals surface area contributed by atoms with Crippen molar-refractivity contribution in [2.24, 2.45) is 0 Å². The third-order valence-corrected chi connectivity index (χ3v) is 2.37. The Labute approximate surface area is 76.0 Å². The van der Waals surface area contributed by atoms with Crippen molar-refractivity contribution in [2.75, 3.05) is 6.61 Å². The molecule has 1 aliphatic rings. The standard InChI is InChI=1S/C10H10O3/c1-6-7-4-5-13-10(12)8(7)2-3-9(6)11/h2-3,11H,4-5H2,1H3. The van der Waals surface area contributed by atoms with Crippen LogP contribution in [0.15, 0.2) is 12.1 Å². The van der Waals surface area contributed by atoms with E-state index in [4.69, 9.17) is 4.74 Å². The van der Waals surface area contributed by atoms with E-state index in [1.165, 1.54) is 6.07 Å². The highest BCUT2D eigenvalue weighted by Gasteiger charge is 2.20. The molecule has 1 heterocycles. The minimum atomic E-state index is -0.288. The van der Waals surface area contributed by atoms with Gasteiger partial charge in [-0.2, -0.15) is 0 Å². The molecule has 0 aromatic heterocycles. The van der Waals surface area contributed by atoms with Crippen molar-refractivity contribution < 1.29 is 14.6 Å². The molecule has 0 saturated carbocycles. The van der Waals surface area contributed by atoms with Gasteiger partial charge in [0.2, 0.25) is 0 Å². The second kappa shape index (κ2) is 2.76. The minimum absolute atomic E-state index is 0.244. The fraction of sp³-hybridized carbons (Fsp3) is 0.300. The Bertz CT molecular complexity index is 369. The number of aromatic hydroxyl groups is 1. The predicted octanol–water partition coefficient (Wildman–Crippen LogP) is 1.41. The molecule has 0 atom stereocenters. The summed E-state index contributed by atoms with van der Waals surface area (Å²) in [5.74, 6) is -0.0437. The van der Waals surface area contributed by atoms with Crippen molar-refractivity contribution in [3.05, 3.63) is 28.8 Å². The molecule has 0 amide bonds. The lowest BCUT2D eigenvalue weighted by Crippen LogP contribution is -2.18. The van der Waals surface area contributed by atoms with Crippen LogP contribution in [-0.4, -0.2) is 17.7 Å². The van der Waals surface area contributed by atoms with Gasteiger partial charge >= 0.3 is 5.97 Å². The number of esters is 1. The van der Waals surface area contributed by atoms with Crippen molar-refractivity contribution in [1.29, 1.82) is 0 Å². The summed E-state index contributed by atoms with van der Waals surface area (Å²) in [6.45, 7) is 2.23. The number of carbonyl (C=O) groups excluding carboxylic acids is 1. The van der Waals surface area contributed by atoms with E-state index in [1.54, 1.807) is 6.07 Å². The normalized spacial score (nSPS) is 15.0. The topological polar surface area (TPSA) is 46.5 Å². The molecule has 1 aliphatic heterocycles. The summed E-state index contributed by atoms with van der Waals surface area (Å²) in [4.78, 5) is 11.2. The quantitative estimate of drug-likeness (QED) is 0.611. The number of carbonyl (C=O) groups is 1. The first-order chi connectivity index (χ1) is 6.20. The van der Waals surface area contributed by atoms with Crippen LogP contribution in [0.4, 0.5) is 0 Å². The molecule has 3 heteroatoms. The molecule has 1 aromatic carbocycles. The molecule has 0 bridgehead atoms. The van der Waals surface area contributed by atoms with Gasteiger partial charge in [0.25, 0.3) is 0 Å². The lowest BCUT2D eigenvalue weighted by Gasteiger charge is -2.17. The van der Waals surface area contributed by atoms with Crippen LogP contribution in [0.3, 0.4) is 0 Å². The molecule has 1 aromatic rings. The van der Waals surface area contributed by atoms with Crippen molar-refractivity contribution in [2.45, 2.75) is 13.3 Å². The minimum Gasteiger partial charge on any atom is -0.508 e. The van der Waals surface area contributed by atoms with Gasteiger partial charge in [-0.1, -0.05) is 0 Å². The molecular weight excluding hydrogens is 168 g/mol. The van der Waals surface area contributed by atoms with Crippen LogP contribution >= 0.6 is 0 Å².